The van der Waals surface area contributed by atoms with Gasteiger partial charge in [-0.25, -0.2) is 4.39 Å². The molecule has 0 spiro atoms. The second kappa shape index (κ2) is 7.82. The predicted molar refractivity (Wildman–Crippen MR) is 98.7 cm³/mol. The van der Waals surface area contributed by atoms with Crippen molar-refractivity contribution in [2.45, 2.75) is 13.3 Å². The minimum atomic E-state index is -0.467. The van der Waals surface area contributed by atoms with Crippen LogP contribution in [-0.4, -0.2) is 23.9 Å². The fourth-order valence-corrected chi connectivity index (χ4v) is 2.63. The Labute approximate surface area is 155 Å². The number of halogens is 1. The number of nitrogens with one attached hydrogen (secondary N) is 2. The fourth-order valence-electron chi connectivity index (χ4n) is 2.63. The van der Waals surface area contributed by atoms with Crippen molar-refractivity contribution in [3.05, 3.63) is 71.2 Å². The van der Waals surface area contributed by atoms with Crippen LogP contribution in [0.2, 0.25) is 0 Å². The summed E-state index contributed by atoms with van der Waals surface area (Å²) in [7, 11) is 1.57. The molecule has 0 aliphatic carbocycles. The van der Waals surface area contributed by atoms with E-state index in [0.717, 1.165) is 5.39 Å². The quantitative estimate of drug-likeness (QED) is 0.695. The molecule has 138 valence electrons. The molecule has 3 rings (SSSR count). The number of carbonyl (C=O) groups is 2. The van der Waals surface area contributed by atoms with Crippen LogP contribution in [0.4, 0.5) is 4.39 Å². The number of hydrogen-bond acceptors (Lipinski definition) is 4. The van der Waals surface area contributed by atoms with Gasteiger partial charge < -0.3 is 4.74 Å². The Bertz CT molecular complexity index is 1000. The number of fused-ring (bicyclic) bond motifs is 1. The SMILES string of the molecule is COc1ccc2cc(C(=O)NNC(=O)Cc3ccc(F)cc3)c(C)nc2c1. The number of carbonyl (C=O) groups excluding carboxylic acids is 2. The Morgan fingerprint density at radius 3 is 2.52 bits per heavy atom. The number of aromatic nitrogens is 1. The first-order valence-electron chi connectivity index (χ1n) is 8.25. The van der Waals surface area contributed by atoms with Gasteiger partial charge in [-0.2, -0.15) is 0 Å². The van der Waals surface area contributed by atoms with Crippen LogP contribution in [-0.2, 0) is 11.2 Å². The molecule has 1 aromatic heterocycles. The summed E-state index contributed by atoms with van der Waals surface area (Å²) in [6.45, 7) is 1.72. The number of nitrogens with zero attached hydrogens (tertiary/aromatic N) is 1. The second-order valence-electron chi connectivity index (χ2n) is 5.99. The Kier molecular flexibility index (Phi) is 5.30. The highest BCUT2D eigenvalue weighted by atomic mass is 19.1. The van der Waals surface area contributed by atoms with Crippen LogP contribution in [0.1, 0.15) is 21.6 Å². The highest BCUT2D eigenvalue weighted by Gasteiger charge is 2.13. The molecule has 0 saturated heterocycles. The van der Waals surface area contributed by atoms with Gasteiger partial charge >= 0.3 is 0 Å². The smallest absolute Gasteiger partial charge is 0.271 e. The lowest BCUT2D eigenvalue weighted by atomic mass is 10.1. The van der Waals surface area contributed by atoms with Crippen LogP contribution in [0.5, 0.6) is 5.75 Å². The van der Waals surface area contributed by atoms with Gasteiger partial charge in [0.05, 0.1) is 30.3 Å². The third kappa shape index (κ3) is 4.38. The Hall–Kier alpha value is -3.48. The lowest BCUT2D eigenvalue weighted by Gasteiger charge is -2.10. The van der Waals surface area contributed by atoms with Gasteiger partial charge in [-0.3, -0.25) is 25.4 Å². The molecule has 0 aliphatic rings. The molecule has 6 nitrogen and oxygen atoms in total. The average Bonchev–Trinajstić information content (AvgIpc) is 2.67. The molecule has 0 atom stereocenters. The first-order valence-corrected chi connectivity index (χ1v) is 8.25. The van der Waals surface area contributed by atoms with Crippen LogP contribution in [0.3, 0.4) is 0 Å². The minimum absolute atomic E-state index is 0.0231. The molecule has 0 bridgehead atoms. The van der Waals surface area contributed by atoms with Crippen LogP contribution in [0.15, 0.2) is 48.5 Å². The second-order valence-corrected chi connectivity index (χ2v) is 5.99. The van der Waals surface area contributed by atoms with Crippen molar-refractivity contribution in [3.8, 4) is 5.75 Å². The van der Waals surface area contributed by atoms with Crippen molar-refractivity contribution in [2.24, 2.45) is 0 Å². The van der Waals surface area contributed by atoms with E-state index in [9.17, 15) is 14.0 Å². The number of ether oxygens (including phenoxy) is 1. The van der Waals surface area contributed by atoms with E-state index >= 15 is 0 Å². The van der Waals surface area contributed by atoms with Gasteiger partial charge in [-0.05, 0) is 42.8 Å². The maximum atomic E-state index is 12.9. The van der Waals surface area contributed by atoms with Crippen molar-refractivity contribution in [3.63, 3.8) is 0 Å². The van der Waals surface area contributed by atoms with Crippen LogP contribution < -0.4 is 15.6 Å². The number of methoxy groups -OCH3 is 1. The number of rotatable bonds is 4. The number of benzene rings is 2. The van der Waals surface area contributed by atoms with E-state index in [1.165, 1.54) is 24.3 Å². The van der Waals surface area contributed by atoms with Crippen molar-refractivity contribution in [1.29, 1.82) is 0 Å². The average molecular weight is 367 g/mol. The summed E-state index contributed by atoms with van der Waals surface area (Å²) in [6.07, 6.45) is 0.0231. The monoisotopic (exact) mass is 367 g/mol. The molecule has 0 radical (unpaired) electrons. The van der Waals surface area contributed by atoms with Gasteiger partial charge in [0.25, 0.3) is 5.91 Å². The summed E-state index contributed by atoms with van der Waals surface area (Å²) in [5.74, 6) is -0.569. The predicted octanol–water partition coefficient (Wildman–Crippen LogP) is 2.69. The van der Waals surface area contributed by atoms with E-state index in [4.69, 9.17) is 4.74 Å². The summed E-state index contributed by atoms with van der Waals surface area (Å²) in [5.41, 5.74) is 6.98. The zero-order valence-electron chi connectivity index (χ0n) is 14.9. The molecule has 0 aliphatic heterocycles. The number of aryl methyl sites for hydroxylation is 1. The molecule has 2 N–H and O–H groups in total. The first-order chi connectivity index (χ1) is 13.0. The number of amides is 2. The first kappa shape index (κ1) is 18.3. The lowest BCUT2D eigenvalue weighted by molar-refractivity contribution is -0.121. The Morgan fingerprint density at radius 1 is 1.07 bits per heavy atom. The van der Waals surface area contributed by atoms with Crippen molar-refractivity contribution >= 4 is 22.7 Å². The van der Waals surface area contributed by atoms with Crippen LogP contribution in [0, 0.1) is 12.7 Å². The molecule has 27 heavy (non-hydrogen) atoms. The normalized spacial score (nSPS) is 10.5. The topological polar surface area (TPSA) is 80.3 Å². The van der Waals surface area contributed by atoms with E-state index < -0.39 is 11.8 Å². The maximum Gasteiger partial charge on any atom is 0.271 e. The zero-order valence-corrected chi connectivity index (χ0v) is 14.9. The third-order valence-electron chi connectivity index (χ3n) is 4.05. The zero-order chi connectivity index (χ0) is 19.4. The van der Waals surface area contributed by atoms with Crippen molar-refractivity contribution in [1.82, 2.24) is 15.8 Å². The molecule has 2 amide bonds. The molecule has 1 heterocycles. The van der Waals surface area contributed by atoms with Crippen molar-refractivity contribution in [2.75, 3.05) is 7.11 Å². The lowest BCUT2D eigenvalue weighted by Crippen LogP contribution is -2.42. The van der Waals surface area contributed by atoms with Gasteiger partial charge in [0.2, 0.25) is 5.91 Å². The summed E-state index contributed by atoms with van der Waals surface area (Å²) < 4.78 is 18.1. The summed E-state index contributed by atoms with van der Waals surface area (Å²) >= 11 is 0. The van der Waals surface area contributed by atoms with Crippen molar-refractivity contribution < 1.29 is 18.7 Å². The minimum Gasteiger partial charge on any atom is -0.497 e. The molecular weight excluding hydrogens is 349 g/mol. The Morgan fingerprint density at radius 2 is 1.81 bits per heavy atom. The molecular formula is C20H18FN3O3. The van der Waals surface area contributed by atoms with E-state index in [2.05, 4.69) is 15.8 Å². The van der Waals surface area contributed by atoms with E-state index in [1.807, 2.05) is 6.07 Å². The molecule has 2 aromatic carbocycles. The highest BCUT2D eigenvalue weighted by molar-refractivity contribution is 5.99. The number of hydrogen-bond donors (Lipinski definition) is 2. The van der Waals surface area contributed by atoms with Gasteiger partial charge in [0, 0.05) is 11.5 Å². The van der Waals surface area contributed by atoms with Gasteiger partial charge in [-0.1, -0.05) is 12.1 Å². The standard InChI is InChI=1S/C20H18FN3O3/c1-12-17(10-14-5-8-16(27-2)11-18(14)22-12)20(26)24-23-19(25)9-13-3-6-15(21)7-4-13/h3-8,10-11H,9H2,1-2H3,(H,23,25)(H,24,26). The van der Waals surface area contributed by atoms with E-state index in [0.29, 0.717) is 28.1 Å². The number of hydrazine groups is 1. The molecule has 3 aromatic rings. The maximum absolute atomic E-state index is 12.9. The Balaban J connectivity index is 1.67. The van der Waals surface area contributed by atoms with Crippen LogP contribution >= 0.6 is 0 Å². The highest BCUT2D eigenvalue weighted by Crippen LogP contribution is 2.21. The third-order valence-corrected chi connectivity index (χ3v) is 4.05. The van der Waals surface area contributed by atoms with Gasteiger partial charge in [0.15, 0.2) is 0 Å². The van der Waals surface area contributed by atoms with Gasteiger partial charge in [-0.15, -0.1) is 0 Å². The molecule has 7 heteroatoms. The van der Waals surface area contributed by atoms with Crippen LogP contribution in [0.25, 0.3) is 10.9 Å². The summed E-state index contributed by atoms with van der Waals surface area (Å²) in [5, 5.41) is 0.782. The summed E-state index contributed by atoms with van der Waals surface area (Å²) in [4.78, 5) is 28.8. The molecule has 0 fully saturated rings. The molecule has 0 saturated carbocycles. The van der Waals surface area contributed by atoms with E-state index in [-0.39, 0.29) is 12.2 Å². The largest absolute Gasteiger partial charge is 0.497 e. The van der Waals surface area contributed by atoms with Gasteiger partial charge in [0.1, 0.15) is 11.6 Å². The fraction of sp³-hybridized carbons (Fsp3) is 0.150. The number of pyridine rings is 1. The molecule has 0 unspecified atom stereocenters. The summed E-state index contributed by atoms with van der Waals surface area (Å²) in [6, 6.07) is 12.7. The van der Waals surface area contributed by atoms with E-state index in [1.54, 1.807) is 32.2 Å².